The monoisotopic (exact) mass is 291 g/mol. The molecule has 1 nitrogen and oxygen atoms in total. The van der Waals surface area contributed by atoms with E-state index in [-0.39, 0.29) is 11.9 Å². The minimum atomic E-state index is -0.247. The second-order valence-corrected chi connectivity index (χ2v) is 5.58. The topological polar surface area (TPSA) is 12.0 Å². The van der Waals surface area contributed by atoms with Crippen molar-refractivity contribution < 1.29 is 4.39 Å². The smallest absolute Gasteiger partial charge is 0.127 e. The summed E-state index contributed by atoms with van der Waals surface area (Å²) in [6.07, 6.45) is 0.601. The van der Waals surface area contributed by atoms with Crippen LogP contribution in [0.1, 0.15) is 28.3 Å². The first kappa shape index (κ1) is 15.0. The van der Waals surface area contributed by atoms with Crippen LogP contribution in [0.4, 0.5) is 4.39 Å². The molecule has 0 amide bonds. The summed E-state index contributed by atoms with van der Waals surface area (Å²) in [5.41, 5.74) is 4.31. The third-order valence-corrected chi connectivity index (χ3v) is 3.83. The summed E-state index contributed by atoms with van der Waals surface area (Å²) in [4.78, 5) is 0. The molecule has 1 unspecified atom stereocenters. The van der Waals surface area contributed by atoms with E-state index in [0.717, 1.165) is 0 Å². The Morgan fingerprint density at radius 2 is 1.90 bits per heavy atom. The molecule has 0 aromatic heterocycles. The molecule has 0 heterocycles. The first-order valence-electron chi connectivity index (χ1n) is 6.69. The van der Waals surface area contributed by atoms with Crippen molar-refractivity contribution >= 4 is 11.6 Å². The number of halogens is 2. The van der Waals surface area contributed by atoms with Gasteiger partial charge in [0.15, 0.2) is 0 Å². The summed E-state index contributed by atoms with van der Waals surface area (Å²) < 4.78 is 13.9. The number of aryl methyl sites for hydroxylation is 2. The number of rotatable bonds is 4. The van der Waals surface area contributed by atoms with Crippen LogP contribution >= 0.6 is 11.6 Å². The molecule has 3 heteroatoms. The van der Waals surface area contributed by atoms with E-state index in [4.69, 9.17) is 11.6 Å². The van der Waals surface area contributed by atoms with Gasteiger partial charge in [-0.05, 0) is 56.1 Å². The van der Waals surface area contributed by atoms with Gasteiger partial charge in [0.1, 0.15) is 5.82 Å². The summed E-state index contributed by atoms with van der Waals surface area (Å²) in [5.74, 6) is -0.247. The summed E-state index contributed by atoms with van der Waals surface area (Å²) in [6, 6.07) is 11.3. The van der Waals surface area contributed by atoms with Gasteiger partial charge in [-0.25, -0.2) is 4.39 Å². The van der Waals surface area contributed by atoms with E-state index in [1.54, 1.807) is 12.1 Å². The molecule has 0 saturated carbocycles. The molecule has 0 spiro atoms. The lowest BCUT2D eigenvalue weighted by atomic mass is 9.94. The second-order valence-electron chi connectivity index (χ2n) is 5.14. The van der Waals surface area contributed by atoms with Crippen molar-refractivity contribution in [1.29, 1.82) is 0 Å². The SMILES string of the molecule is CNC(Cc1ccc(Cl)cc1F)c1cc(C)ccc1C. The lowest BCUT2D eigenvalue weighted by Crippen LogP contribution is -2.20. The van der Waals surface area contributed by atoms with Gasteiger partial charge in [0.2, 0.25) is 0 Å². The number of hydrogen-bond acceptors (Lipinski definition) is 1. The van der Waals surface area contributed by atoms with E-state index in [9.17, 15) is 4.39 Å². The van der Waals surface area contributed by atoms with Crippen LogP contribution in [0.5, 0.6) is 0 Å². The zero-order chi connectivity index (χ0) is 14.7. The van der Waals surface area contributed by atoms with Crippen LogP contribution in [0.3, 0.4) is 0 Å². The average Bonchev–Trinajstić information content (AvgIpc) is 2.41. The molecule has 0 aliphatic carbocycles. The fraction of sp³-hybridized carbons (Fsp3) is 0.294. The standard InChI is InChI=1S/C17H19ClFN/c1-11-4-5-12(2)15(8-11)17(20-3)9-13-6-7-14(18)10-16(13)19/h4-8,10,17,20H,9H2,1-3H3. The zero-order valence-corrected chi connectivity index (χ0v) is 12.8. The van der Waals surface area contributed by atoms with Crippen LogP contribution in [0.25, 0.3) is 0 Å². The number of hydrogen-bond donors (Lipinski definition) is 1. The molecule has 0 aliphatic heterocycles. The van der Waals surface area contributed by atoms with Crippen LogP contribution in [-0.4, -0.2) is 7.05 Å². The highest BCUT2D eigenvalue weighted by molar-refractivity contribution is 6.30. The predicted molar refractivity (Wildman–Crippen MR) is 82.8 cm³/mol. The van der Waals surface area contributed by atoms with E-state index in [0.29, 0.717) is 17.0 Å². The molecule has 0 radical (unpaired) electrons. The highest BCUT2D eigenvalue weighted by Gasteiger charge is 2.15. The Kier molecular flexibility index (Phi) is 4.79. The van der Waals surface area contributed by atoms with Gasteiger partial charge in [-0.2, -0.15) is 0 Å². The Morgan fingerprint density at radius 3 is 2.55 bits per heavy atom. The van der Waals surface area contributed by atoms with Gasteiger partial charge in [0, 0.05) is 11.1 Å². The van der Waals surface area contributed by atoms with E-state index in [2.05, 4.69) is 37.4 Å². The number of nitrogens with one attached hydrogen (secondary N) is 1. The molecule has 106 valence electrons. The highest BCUT2D eigenvalue weighted by atomic mass is 35.5. The maximum atomic E-state index is 13.9. The van der Waals surface area contributed by atoms with Crippen molar-refractivity contribution in [3.05, 3.63) is 69.5 Å². The zero-order valence-electron chi connectivity index (χ0n) is 12.0. The van der Waals surface area contributed by atoms with Gasteiger partial charge in [-0.3, -0.25) is 0 Å². The van der Waals surface area contributed by atoms with Gasteiger partial charge >= 0.3 is 0 Å². The summed E-state index contributed by atoms with van der Waals surface area (Å²) in [6.45, 7) is 4.15. The Hall–Kier alpha value is -1.38. The van der Waals surface area contributed by atoms with Crippen molar-refractivity contribution in [2.24, 2.45) is 0 Å². The fourth-order valence-corrected chi connectivity index (χ4v) is 2.57. The van der Waals surface area contributed by atoms with Crippen molar-refractivity contribution in [3.63, 3.8) is 0 Å². The van der Waals surface area contributed by atoms with Crippen LogP contribution in [0.2, 0.25) is 5.02 Å². The maximum Gasteiger partial charge on any atom is 0.127 e. The average molecular weight is 292 g/mol. The number of benzene rings is 2. The lowest BCUT2D eigenvalue weighted by Gasteiger charge is -2.20. The minimum absolute atomic E-state index is 0.0885. The summed E-state index contributed by atoms with van der Waals surface area (Å²) >= 11 is 5.79. The Labute approximate surface area is 124 Å². The molecule has 0 saturated heterocycles. The second kappa shape index (κ2) is 6.38. The molecular weight excluding hydrogens is 273 g/mol. The molecule has 20 heavy (non-hydrogen) atoms. The third-order valence-electron chi connectivity index (χ3n) is 3.60. The molecule has 2 rings (SSSR count). The lowest BCUT2D eigenvalue weighted by molar-refractivity contribution is 0.552. The van der Waals surface area contributed by atoms with Crippen LogP contribution in [-0.2, 0) is 6.42 Å². The fourth-order valence-electron chi connectivity index (χ4n) is 2.41. The summed E-state index contributed by atoms with van der Waals surface area (Å²) in [5, 5.41) is 3.71. The van der Waals surface area contributed by atoms with Gasteiger partial charge in [-0.15, -0.1) is 0 Å². The van der Waals surface area contributed by atoms with Crippen LogP contribution in [0, 0.1) is 19.7 Å². The van der Waals surface area contributed by atoms with E-state index in [1.165, 1.54) is 22.8 Å². The molecular formula is C17H19ClFN. The van der Waals surface area contributed by atoms with Crippen molar-refractivity contribution in [2.45, 2.75) is 26.3 Å². The van der Waals surface area contributed by atoms with E-state index in [1.807, 2.05) is 7.05 Å². The first-order valence-corrected chi connectivity index (χ1v) is 7.07. The first-order chi connectivity index (χ1) is 9.51. The van der Waals surface area contributed by atoms with Gasteiger partial charge in [-0.1, -0.05) is 41.4 Å². The predicted octanol–water partition coefficient (Wildman–Crippen LogP) is 4.60. The molecule has 2 aromatic rings. The normalized spacial score (nSPS) is 12.4. The van der Waals surface area contributed by atoms with Crippen LogP contribution < -0.4 is 5.32 Å². The molecule has 2 aromatic carbocycles. The molecule has 0 aliphatic rings. The molecule has 1 atom stereocenters. The van der Waals surface area contributed by atoms with Gasteiger partial charge in [0.05, 0.1) is 0 Å². The van der Waals surface area contributed by atoms with Crippen molar-refractivity contribution in [2.75, 3.05) is 7.05 Å². The Balaban J connectivity index is 2.31. The third kappa shape index (κ3) is 3.38. The maximum absolute atomic E-state index is 13.9. The molecule has 1 N–H and O–H groups in total. The number of likely N-dealkylation sites (N-methyl/N-ethyl adjacent to an activating group) is 1. The highest BCUT2D eigenvalue weighted by Crippen LogP contribution is 2.25. The largest absolute Gasteiger partial charge is 0.313 e. The summed E-state index contributed by atoms with van der Waals surface area (Å²) in [7, 11) is 1.90. The quantitative estimate of drug-likeness (QED) is 0.868. The van der Waals surface area contributed by atoms with Gasteiger partial charge < -0.3 is 5.32 Å². The minimum Gasteiger partial charge on any atom is -0.313 e. The molecule has 0 bridgehead atoms. The Morgan fingerprint density at radius 1 is 1.15 bits per heavy atom. The molecule has 0 fully saturated rings. The van der Waals surface area contributed by atoms with Gasteiger partial charge in [0.25, 0.3) is 0 Å². The van der Waals surface area contributed by atoms with Crippen molar-refractivity contribution in [3.8, 4) is 0 Å². The Bertz CT molecular complexity index is 610. The van der Waals surface area contributed by atoms with Crippen LogP contribution in [0.15, 0.2) is 36.4 Å². The van der Waals surface area contributed by atoms with E-state index < -0.39 is 0 Å². The van der Waals surface area contributed by atoms with Crippen molar-refractivity contribution in [1.82, 2.24) is 5.32 Å². The van der Waals surface area contributed by atoms with E-state index >= 15 is 0 Å².